The van der Waals surface area contributed by atoms with Gasteiger partial charge in [-0.15, -0.1) is 0 Å². The third-order valence-corrected chi connectivity index (χ3v) is 1.37. The molecular formula is C9H20N2O3. The van der Waals surface area contributed by atoms with Gasteiger partial charge in [-0.1, -0.05) is 0 Å². The average molecular weight is 204 g/mol. The molecular weight excluding hydrogens is 184 g/mol. The molecule has 0 rings (SSSR count). The number of carbonyl (C=O) groups is 1. The zero-order chi connectivity index (χ0) is 11.2. The van der Waals surface area contributed by atoms with Gasteiger partial charge in [0.25, 0.3) is 0 Å². The maximum atomic E-state index is 11.3. The Morgan fingerprint density at radius 2 is 2.07 bits per heavy atom. The molecule has 14 heavy (non-hydrogen) atoms. The first-order valence-electron chi connectivity index (χ1n) is 4.57. The molecule has 0 aromatic heterocycles. The number of hydrogen-bond donors (Lipinski definition) is 2. The van der Waals surface area contributed by atoms with E-state index in [-0.39, 0.29) is 6.04 Å². The van der Waals surface area contributed by atoms with E-state index >= 15 is 0 Å². The van der Waals surface area contributed by atoms with Crippen LogP contribution in [0.25, 0.3) is 0 Å². The first-order valence-corrected chi connectivity index (χ1v) is 4.57. The van der Waals surface area contributed by atoms with Crippen LogP contribution < -0.4 is 11.1 Å². The molecule has 0 heterocycles. The summed E-state index contributed by atoms with van der Waals surface area (Å²) in [5.41, 5.74) is 4.93. The van der Waals surface area contributed by atoms with Crippen molar-refractivity contribution in [2.45, 2.75) is 32.4 Å². The normalized spacial score (nSPS) is 13.5. The quantitative estimate of drug-likeness (QED) is 0.698. The number of nitrogens with one attached hydrogen (secondary N) is 1. The molecule has 84 valence electrons. The van der Waals surface area contributed by atoms with Crippen molar-refractivity contribution in [3.05, 3.63) is 0 Å². The van der Waals surface area contributed by atoms with E-state index in [0.717, 1.165) is 0 Å². The van der Waals surface area contributed by atoms with Gasteiger partial charge in [-0.25, -0.2) is 4.79 Å². The first-order chi connectivity index (χ1) is 6.39. The van der Waals surface area contributed by atoms with Gasteiger partial charge in [0.1, 0.15) is 5.60 Å². The zero-order valence-corrected chi connectivity index (χ0v) is 9.29. The smallest absolute Gasteiger partial charge is 0.407 e. The lowest BCUT2D eigenvalue weighted by atomic mass is 10.2. The molecule has 1 amide bonds. The van der Waals surface area contributed by atoms with Crippen molar-refractivity contribution in [2.24, 2.45) is 5.73 Å². The standard InChI is InChI=1S/C9H20N2O3/c1-9(2,3)14-8(12)11-7(5-10)6-13-4/h7H,5-6,10H2,1-4H3,(H,11,12)/t7-/m0/s1. The van der Waals surface area contributed by atoms with Gasteiger partial charge >= 0.3 is 6.09 Å². The molecule has 0 aromatic carbocycles. The van der Waals surface area contributed by atoms with Crippen LogP contribution in [0, 0.1) is 0 Å². The van der Waals surface area contributed by atoms with Crippen molar-refractivity contribution in [3.8, 4) is 0 Å². The number of methoxy groups -OCH3 is 1. The molecule has 5 nitrogen and oxygen atoms in total. The number of amides is 1. The minimum absolute atomic E-state index is 0.199. The van der Waals surface area contributed by atoms with Crippen LogP contribution in [-0.2, 0) is 9.47 Å². The van der Waals surface area contributed by atoms with Crippen LogP contribution in [0.4, 0.5) is 4.79 Å². The summed E-state index contributed by atoms with van der Waals surface area (Å²) < 4.78 is 9.93. The number of carbonyl (C=O) groups excluding carboxylic acids is 1. The first kappa shape index (κ1) is 13.2. The van der Waals surface area contributed by atoms with Crippen LogP contribution in [0.5, 0.6) is 0 Å². The lowest BCUT2D eigenvalue weighted by Crippen LogP contribution is -2.45. The Morgan fingerprint density at radius 3 is 2.43 bits per heavy atom. The highest BCUT2D eigenvalue weighted by Crippen LogP contribution is 2.06. The van der Waals surface area contributed by atoms with Gasteiger partial charge in [0.15, 0.2) is 0 Å². The predicted octanol–water partition coefficient (Wildman–Crippen LogP) is 0.485. The molecule has 0 aliphatic carbocycles. The zero-order valence-electron chi connectivity index (χ0n) is 9.29. The Bertz CT molecular complexity index is 177. The van der Waals surface area contributed by atoms with Crippen LogP contribution in [0.2, 0.25) is 0 Å². The van der Waals surface area contributed by atoms with E-state index in [0.29, 0.717) is 13.2 Å². The lowest BCUT2D eigenvalue weighted by molar-refractivity contribution is 0.0472. The summed E-state index contributed by atoms with van der Waals surface area (Å²) in [7, 11) is 1.55. The fourth-order valence-electron chi connectivity index (χ4n) is 0.844. The van der Waals surface area contributed by atoms with Crippen LogP contribution >= 0.6 is 0 Å². The predicted molar refractivity (Wildman–Crippen MR) is 54.1 cm³/mol. The molecule has 1 atom stereocenters. The van der Waals surface area contributed by atoms with Gasteiger partial charge in [0, 0.05) is 13.7 Å². The van der Waals surface area contributed by atoms with Crippen molar-refractivity contribution in [2.75, 3.05) is 20.3 Å². The molecule has 0 saturated carbocycles. The Morgan fingerprint density at radius 1 is 1.50 bits per heavy atom. The molecule has 0 saturated heterocycles. The van der Waals surface area contributed by atoms with Gasteiger partial charge < -0.3 is 20.5 Å². The second-order valence-corrected chi connectivity index (χ2v) is 4.03. The summed E-state index contributed by atoms with van der Waals surface area (Å²) in [5, 5.41) is 2.61. The highest BCUT2D eigenvalue weighted by molar-refractivity contribution is 5.68. The van der Waals surface area contributed by atoms with Crippen molar-refractivity contribution >= 4 is 6.09 Å². The molecule has 5 heteroatoms. The Kier molecular flexibility index (Phi) is 5.49. The van der Waals surface area contributed by atoms with Gasteiger partial charge in [0.2, 0.25) is 0 Å². The third kappa shape index (κ3) is 6.68. The summed E-state index contributed by atoms with van der Waals surface area (Å²) in [4.78, 5) is 11.3. The van der Waals surface area contributed by atoms with Crippen molar-refractivity contribution in [1.82, 2.24) is 5.32 Å². The van der Waals surface area contributed by atoms with E-state index in [1.54, 1.807) is 27.9 Å². The Hall–Kier alpha value is -0.810. The number of ether oxygens (including phenoxy) is 2. The van der Waals surface area contributed by atoms with Crippen LogP contribution in [0.15, 0.2) is 0 Å². The highest BCUT2D eigenvalue weighted by Gasteiger charge is 2.18. The molecule has 0 bridgehead atoms. The van der Waals surface area contributed by atoms with E-state index in [1.165, 1.54) is 0 Å². The summed E-state index contributed by atoms with van der Waals surface area (Å²) >= 11 is 0. The van der Waals surface area contributed by atoms with Gasteiger partial charge in [0.05, 0.1) is 12.6 Å². The van der Waals surface area contributed by atoms with Crippen molar-refractivity contribution < 1.29 is 14.3 Å². The van der Waals surface area contributed by atoms with Gasteiger partial charge in [-0.3, -0.25) is 0 Å². The minimum atomic E-state index is -0.490. The number of hydrogen-bond acceptors (Lipinski definition) is 4. The molecule has 3 N–H and O–H groups in total. The second kappa shape index (κ2) is 5.82. The van der Waals surface area contributed by atoms with E-state index in [9.17, 15) is 4.79 Å². The van der Waals surface area contributed by atoms with Crippen LogP contribution in [0.3, 0.4) is 0 Å². The van der Waals surface area contributed by atoms with E-state index in [1.807, 2.05) is 0 Å². The summed E-state index contributed by atoms with van der Waals surface area (Å²) in [6.45, 7) is 6.13. The summed E-state index contributed by atoms with van der Waals surface area (Å²) in [6.07, 6.45) is -0.468. The molecule has 0 aromatic rings. The molecule has 0 aliphatic rings. The monoisotopic (exact) mass is 204 g/mol. The van der Waals surface area contributed by atoms with E-state index in [2.05, 4.69) is 5.32 Å². The number of nitrogens with two attached hydrogens (primary N) is 1. The molecule has 0 radical (unpaired) electrons. The number of rotatable bonds is 4. The summed E-state index contributed by atoms with van der Waals surface area (Å²) in [5.74, 6) is 0. The molecule has 0 fully saturated rings. The topological polar surface area (TPSA) is 73.6 Å². The third-order valence-electron chi connectivity index (χ3n) is 1.37. The molecule has 0 aliphatic heterocycles. The molecule has 0 unspecified atom stereocenters. The maximum Gasteiger partial charge on any atom is 0.407 e. The number of alkyl carbamates (subject to hydrolysis) is 1. The largest absolute Gasteiger partial charge is 0.444 e. The van der Waals surface area contributed by atoms with Gasteiger partial charge in [-0.2, -0.15) is 0 Å². The SMILES string of the molecule is COC[C@H](CN)NC(=O)OC(C)(C)C. The Balaban J connectivity index is 3.91. The second-order valence-electron chi connectivity index (χ2n) is 4.03. The van der Waals surface area contributed by atoms with Crippen molar-refractivity contribution in [3.63, 3.8) is 0 Å². The lowest BCUT2D eigenvalue weighted by Gasteiger charge is -2.22. The van der Waals surface area contributed by atoms with E-state index < -0.39 is 11.7 Å². The molecule has 0 spiro atoms. The highest BCUT2D eigenvalue weighted by atomic mass is 16.6. The fraction of sp³-hybridized carbons (Fsp3) is 0.889. The van der Waals surface area contributed by atoms with E-state index in [4.69, 9.17) is 15.2 Å². The van der Waals surface area contributed by atoms with Gasteiger partial charge in [-0.05, 0) is 20.8 Å². The Labute approximate surface area is 84.9 Å². The van der Waals surface area contributed by atoms with Crippen molar-refractivity contribution in [1.29, 1.82) is 0 Å². The minimum Gasteiger partial charge on any atom is -0.444 e. The maximum absolute atomic E-state index is 11.3. The van der Waals surface area contributed by atoms with Crippen LogP contribution in [0.1, 0.15) is 20.8 Å². The van der Waals surface area contributed by atoms with Crippen LogP contribution in [-0.4, -0.2) is 38.0 Å². The fourth-order valence-corrected chi connectivity index (χ4v) is 0.844. The average Bonchev–Trinajstić information content (AvgIpc) is 2.00. The summed E-state index contributed by atoms with van der Waals surface area (Å²) in [6, 6.07) is -0.199.